The summed E-state index contributed by atoms with van der Waals surface area (Å²) in [4.78, 5) is 0. The number of fused-ring (bicyclic) bond motifs is 1. The molecule has 2 unspecified atom stereocenters. The molecule has 138 valence electrons. The minimum absolute atomic E-state index is 0.00215. The Morgan fingerprint density at radius 3 is 2.04 bits per heavy atom. The first-order chi connectivity index (χ1) is 13.8. The summed E-state index contributed by atoms with van der Waals surface area (Å²) >= 11 is 0. The second-order valence-electron chi connectivity index (χ2n) is 7.12. The molecule has 0 saturated carbocycles. The number of hydrogen-bond donors (Lipinski definition) is 1. The Balaban J connectivity index is 1.63. The summed E-state index contributed by atoms with van der Waals surface area (Å²) in [7, 11) is 0. The Hall–Kier alpha value is -3.16. The van der Waals surface area contributed by atoms with E-state index in [1.54, 1.807) is 0 Å². The zero-order chi connectivity index (χ0) is 19.2. The largest absolute Gasteiger partial charge is 0.388 e. The number of hydrogen-bond acceptors (Lipinski definition) is 1. The fourth-order valence-electron chi connectivity index (χ4n) is 3.69. The minimum atomic E-state index is -0.563. The molecule has 2 atom stereocenters. The van der Waals surface area contributed by atoms with Crippen molar-refractivity contribution >= 4 is 16.8 Å². The SMILES string of the molecule is OC(c1ccc2ccccc2c1)C(C/C=C/c1ccccc1)c1ccccc1. The van der Waals surface area contributed by atoms with E-state index >= 15 is 0 Å². The van der Waals surface area contributed by atoms with E-state index in [0.29, 0.717) is 0 Å². The second-order valence-corrected chi connectivity index (χ2v) is 7.12. The van der Waals surface area contributed by atoms with Gasteiger partial charge in [-0.1, -0.05) is 109 Å². The Bertz CT molecular complexity index is 1050. The maximum absolute atomic E-state index is 11.3. The van der Waals surface area contributed by atoms with E-state index in [1.807, 2.05) is 54.6 Å². The zero-order valence-corrected chi connectivity index (χ0v) is 15.8. The molecular formula is C27H24O. The third kappa shape index (κ3) is 4.21. The van der Waals surface area contributed by atoms with Crippen molar-refractivity contribution in [3.8, 4) is 0 Å². The molecule has 0 radical (unpaired) electrons. The molecule has 4 aromatic carbocycles. The highest BCUT2D eigenvalue weighted by Crippen LogP contribution is 2.35. The van der Waals surface area contributed by atoms with E-state index in [9.17, 15) is 5.11 Å². The van der Waals surface area contributed by atoms with Gasteiger partial charge in [0.25, 0.3) is 0 Å². The maximum Gasteiger partial charge on any atom is 0.0861 e. The molecule has 0 aliphatic heterocycles. The lowest BCUT2D eigenvalue weighted by molar-refractivity contribution is 0.145. The van der Waals surface area contributed by atoms with Crippen molar-refractivity contribution in [1.29, 1.82) is 0 Å². The predicted molar refractivity (Wildman–Crippen MR) is 118 cm³/mol. The molecule has 28 heavy (non-hydrogen) atoms. The van der Waals surface area contributed by atoms with Gasteiger partial charge in [-0.2, -0.15) is 0 Å². The van der Waals surface area contributed by atoms with Crippen LogP contribution in [0.3, 0.4) is 0 Å². The molecule has 1 N–H and O–H groups in total. The Morgan fingerprint density at radius 2 is 1.29 bits per heavy atom. The van der Waals surface area contributed by atoms with Crippen LogP contribution in [0.1, 0.15) is 35.1 Å². The molecule has 0 aliphatic rings. The van der Waals surface area contributed by atoms with E-state index in [1.165, 1.54) is 10.9 Å². The second kappa shape index (κ2) is 8.69. The third-order valence-electron chi connectivity index (χ3n) is 5.22. The van der Waals surface area contributed by atoms with Crippen molar-refractivity contribution in [2.45, 2.75) is 18.4 Å². The maximum atomic E-state index is 11.3. The van der Waals surface area contributed by atoms with Crippen LogP contribution in [0.25, 0.3) is 16.8 Å². The molecule has 0 heterocycles. The van der Waals surface area contributed by atoms with Crippen LogP contribution in [0.15, 0.2) is 109 Å². The van der Waals surface area contributed by atoms with Crippen molar-refractivity contribution < 1.29 is 5.11 Å². The molecule has 0 aromatic heterocycles. The summed E-state index contributed by atoms with van der Waals surface area (Å²) in [6.45, 7) is 0. The van der Waals surface area contributed by atoms with Gasteiger partial charge in [-0.05, 0) is 39.9 Å². The Kier molecular flexibility index (Phi) is 5.65. The summed E-state index contributed by atoms with van der Waals surface area (Å²) in [5.41, 5.74) is 3.29. The van der Waals surface area contributed by atoms with Gasteiger partial charge in [-0.3, -0.25) is 0 Å². The first-order valence-corrected chi connectivity index (χ1v) is 9.74. The lowest BCUT2D eigenvalue weighted by Gasteiger charge is -2.23. The summed E-state index contributed by atoms with van der Waals surface area (Å²) in [6, 6.07) is 35.1. The highest BCUT2D eigenvalue weighted by molar-refractivity contribution is 5.83. The molecule has 0 fully saturated rings. The highest BCUT2D eigenvalue weighted by Gasteiger charge is 2.22. The van der Waals surface area contributed by atoms with Crippen LogP contribution in [0, 0.1) is 0 Å². The van der Waals surface area contributed by atoms with E-state index in [0.717, 1.165) is 22.9 Å². The monoisotopic (exact) mass is 364 g/mol. The van der Waals surface area contributed by atoms with E-state index in [2.05, 4.69) is 60.7 Å². The van der Waals surface area contributed by atoms with Crippen molar-refractivity contribution in [2.75, 3.05) is 0 Å². The van der Waals surface area contributed by atoms with Crippen molar-refractivity contribution in [3.63, 3.8) is 0 Å². The molecule has 4 aromatic rings. The Morgan fingerprint density at radius 1 is 0.643 bits per heavy atom. The molecule has 0 saturated heterocycles. The zero-order valence-electron chi connectivity index (χ0n) is 15.8. The first kappa shape index (κ1) is 18.2. The van der Waals surface area contributed by atoms with E-state index < -0.39 is 6.10 Å². The average molecular weight is 364 g/mol. The summed E-state index contributed by atoms with van der Waals surface area (Å²) < 4.78 is 0. The molecule has 0 bridgehead atoms. The smallest absolute Gasteiger partial charge is 0.0861 e. The normalized spacial score (nSPS) is 13.6. The van der Waals surface area contributed by atoms with Crippen molar-refractivity contribution in [3.05, 3.63) is 126 Å². The molecule has 1 nitrogen and oxygen atoms in total. The quantitative estimate of drug-likeness (QED) is 0.401. The van der Waals surface area contributed by atoms with Crippen LogP contribution in [-0.2, 0) is 0 Å². The lowest BCUT2D eigenvalue weighted by Crippen LogP contribution is -2.10. The van der Waals surface area contributed by atoms with Gasteiger partial charge in [0.05, 0.1) is 6.10 Å². The first-order valence-electron chi connectivity index (χ1n) is 9.74. The van der Waals surface area contributed by atoms with Gasteiger partial charge in [-0.25, -0.2) is 0 Å². The van der Waals surface area contributed by atoms with Gasteiger partial charge >= 0.3 is 0 Å². The van der Waals surface area contributed by atoms with Crippen LogP contribution < -0.4 is 0 Å². The fourth-order valence-corrected chi connectivity index (χ4v) is 3.69. The van der Waals surface area contributed by atoms with Gasteiger partial charge in [0.15, 0.2) is 0 Å². The van der Waals surface area contributed by atoms with E-state index in [-0.39, 0.29) is 5.92 Å². The summed E-state index contributed by atoms with van der Waals surface area (Å²) in [5.74, 6) is 0.00215. The van der Waals surface area contributed by atoms with E-state index in [4.69, 9.17) is 0 Å². The summed E-state index contributed by atoms with van der Waals surface area (Å²) in [5, 5.41) is 13.6. The Labute approximate surface area is 166 Å². The number of benzene rings is 4. The molecule has 0 amide bonds. The van der Waals surface area contributed by atoms with Crippen molar-refractivity contribution in [1.82, 2.24) is 0 Å². The minimum Gasteiger partial charge on any atom is -0.388 e. The van der Waals surface area contributed by atoms with Crippen LogP contribution in [0.4, 0.5) is 0 Å². The molecule has 1 heteroatoms. The average Bonchev–Trinajstić information content (AvgIpc) is 2.77. The van der Waals surface area contributed by atoms with Gasteiger partial charge in [0.2, 0.25) is 0 Å². The number of aliphatic hydroxyl groups excluding tert-OH is 1. The topological polar surface area (TPSA) is 20.2 Å². The van der Waals surface area contributed by atoms with Gasteiger partial charge < -0.3 is 5.11 Å². The molecule has 0 aliphatic carbocycles. The summed E-state index contributed by atoms with van der Waals surface area (Å²) in [6.07, 6.45) is 4.50. The predicted octanol–water partition coefficient (Wildman–Crippen LogP) is 6.76. The third-order valence-corrected chi connectivity index (χ3v) is 5.22. The molecule has 0 spiro atoms. The van der Waals surface area contributed by atoms with Crippen molar-refractivity contribution in [2.24, 2.45) is 0 Å². The van der Waals surface area contributed by atoms with Crippen LogP contribution >= 0.6 is 0 Å². The number of aliphatic hydroxyl groups is 1. The lowest BCUT2D eigenvalue weighted by atomic mass is 9.86. The van der Waals surface area contributed by atoms with Gasteiger partial charge in [-0.15, -0.1) is 0 Å². The fraction of sp³-hybridized carbons (Fsp3) is 0.111. The van der Waals surface area contributed by atoms with Crippen LogP contribution in [0.5, 0.6) is 0 Å². The van der Waals surface area contributed by atoms with Gasteiger partial charge in [0, 0.05) is 5.92 Å². The van der Waals surface area contributed by atoms with Crippen LogP contribution in [0.2, 0.25) is 0 Å². The number of allylic oxidation sites excluding steroid dienone is 1. The molecule has 4 rings (SSSR count). The standard InChI is InChI=1S/C27H24O/c28-27(25-19-18-22-13-7-8-16-24(22)20-25)26(23-14-5-2-6-15-23)17-9-12-21-10-3-1-4-11-21/h1-16,18-20,26-28H,17H2/b12-9+. The number of rotatable bonds is 6. The van der Waals surface area contributed by atoms with Gasteiger partial charge in [0.1, 0.15) is 0 Å². The molecular weight excluding hydrogens is 340 g/mol. The van der Waals surface area contributed by atoms with Crippen LogP contribution in [-0.4, -0.2) is 5.11 Å². The highest BCUT2D eigenvalue weighted by atomic mass is 16.3.